The van der Waals surface area contributed by atoms with Crippen LogP contribution in [-0.4, -0.2) is 41.4 Å². The molecular weight excluding hydrogens is 268 g/mol. The van der Waals surface area contributed by atoms with Crippen molar-refractivity contribution in [3.8, 4) is 0 Å². The number of fused-ring (bicyclic) bond motifs is 1. The minimum atomic E-state index is -1.01. The summed E-state index contributed by atoms with van der Waals surface area (Å²) in [7, 11) is 0. The highest BCUT2D eigenvalue weighted by Gasteiger charge is 2.28. The van der Waals surface area contributed by atoms with E-state index in [1.807, 2.05) is 38.1 Å². The van der Waals surface area contributed by atoms with E-state index in [2.05, 4.69) is 9.88 Å². The van der Waals surface area contributed by atoms with Gasteiger partial charge in [-0.2, -0.15) is 0 Å². The molecule has 0 saturated carbocycles. The Kier molecular flexibility index (Phi) is 3.29. The lowest BCUT2D eigenvalue weighted by Crippen LogP contribution is -2.48. The lowest BCUT2D eigenvalue weighted by atomic mass is 10.0. The number of aromatic nitrogens is 1. The number of aromatic carboxylic acids is 1. The number of rotatable bonds is 2. The summed E-state index contributed by atoms with van der Waals surface area (Å²) in [5.74, 6) is -1.01. The quantitative estimate of drug-likeness (QED) is 0.919. The van der Waals surface area contributed by atoms with E-state index in [1.54, 1.807) is 6.07 Å². The second kappa shape index (κ2) is 5.00. The van der Waals surface area contributed by atoms with Crippen LogP contribution in [0.2, 0.25) is 0 Å². The van der Waals surface area contributed by atoms with Crippen molar-refractivity contribution in [1.82, 2.24) is 4.98 Å². The molecule has 0 amide bonds. The number of morpholine rings is 1. The summed E-state index contributed by atoms with van der Waals surface area (Å²) in [6.45, 7) is 6.18. The Morgan fingerprint density at radius 2 is 2.14 bits per heavy atom. The molecule has 110 valence electrons. The first-order chi connectivity index (χ1) is 9.96. The fourth-order valence-corrected chi connectivity index (χ4v) is 2.75. The third-order valence-electron chi connectivity index (χ3n) is 3.68. The molecule has 1 saturated heterocycles. The summed E-state index contributed by atoms with van der Waals surface area (Å²) >= 11 is 0. The van der Waals surface area contributed by atoms with Crippen LogP contribution in [0.15, 0.2) is 30.3 Å². The Morgan fingerprint density at radius 3 is 2.86 bits per heavy atom. The van der Waals surface area contributed by atoms with E-state index in [-0.39, 0.29) is 11.3 Å². The molecular formula is C16H18N2O3. The molecule has 1 aliphatic rings. The molecule has 0 atom stereocenters. The highest BCUT2D eigenvalue weighted by Crippen LogP contribution is 2.30. The summed E-state index contributed by atoms with van der Waals surface area (Å²) < 4.78 is 5.73. The summed E-state index contributed by atoms with van der Waals surface area (Å²) in [5.41, 5.74) is 1.45. The number of carboxylic acids is 1. The molecule has 1 aromatic heterocycles. The lowest BCUT2D eigenvalue weighted by Gasteiger charge is -2.39. The number of benzene rings is 1. The minimum absolute atomic E-state index is 0.0768. The van der Waals surface area contributed by atoms with E-state index in [0.29, 0.717) is 12.1 Å². The van der Waals surface area contributed by atoms with Gasteiger partial charge in [0.05, 0.1) is 17.7 Å². The van der Waals surface area contributed by atoms with Crippen LogP contribution in [0.1, 0.15) is 24.3 Å². The normalized spacial score (nSPS) is 17.9. The molecule has 0 bridgehead atoms. The molecule has 1 fully saturated rings. The maximum Gasteiger partial charge on any atom is 0.354 e. The standard InChI is InChI=1S/C16H18N2O3/c1-16(2)10-18(7-8-21-16)14-9-13(15(19)20)17-12-6-4-3-5-11(12)14/h3-6,9H,7-8,10H2,1-2H3,(H,19,20). The molecule has 2 heterocycles. The molecule has 1 aromatic carbocycles. The zero-order valence-electron chi connectivity index (χ0n) is 12.2. The predicted molar refractivity (Wildman–Crippen MR) is 80.9 cm³/mol. The topological polar surface area (TPSA) is 62.7 Å². The number of pyridine rings is 1. The molecule has 5 heteroatoms. The molecule has 3 rings (SSSR count). The zero-order valence-corrected chi connectivity index (χ0v) is 12.2. The monoisotopic (exact) mass is 286 g/mol. The molecule has 1 aliphatic heterocycles. The SMILES string of the molecule is CC1(C)CN(c2cc(C(=O)O)nc3ccccc23)CCO1. The molecule has 5 nitrogen and oxygen atoms in total. The van der Waals surface area contributed by atoms with E-state index in [9.17, 15) is 9.90 Å². The summed E-state index contributed by atoms with van der Waals surface area (Å²) in [5, 5.41) is 10.2. The van der Waals surface area contributed by atoms with Gasteiger partial charge in [-0.1, -0.05) is 18.2 Å². The minimum Gasteiger partial charge on any atom is -0.477 e. The number of carbonyl (C=O) groups is 1. The number of carboxylic acid groups (broad SMARTS) is 1. The summed E-state index contributed by atoms with van der Waals surface area (Å²) in [6, 6.07) is 9.29. The zero-order chi connectivity index (χ0) is 15.0. The van der Waals surface area contributed by atoms with Crippen molar-refractivity contribution in [3.63, 3.8) is 0 Å². The first kappa shape index (κ1) is 13.8. The van der Waals surface area contributed by atoms with Gasteiger partial charge in [-0.3, -0.25) is 0 Å². The molecule has 0 unspecified atom stereocenters. The van der Waals surface area contributed by atoms with Gasteiger partial charge in [-0.25, -0.2) is 9.78 Å². The Bertz CT molecular complexity index is 697. The van der Waals surface area contributed by atoms with E-state index in [4.69, 9.17) is 4.74 Å². The maximum absolute atomic E-state index is 11.3. The Morgan fingerprint density at radius 1 is 1.38 bits per heavy atom. The van der Waals surface area contributed by atoms with E-state index < -0.39 is 5.97 Å². The molecule has 21 heavy (non-hydrogen) atoms. The van der Waals surface area contributed by atoms with Crippen molar-refractivity contribution in [3.05, 3.63) is 36.0 Å². The second-order valence-corrected chi connectivity index (χ2v) is 5.88. The number of ether oxygens (including phenoxy) is 1. The largest absolute Gasteiger partial charge is 0.477 e. The predicted octanol–water partition coefficient (Wildman–Crippen LogP) is 2.55. The summed E-state index contributed by atoms with van der Waals surface area (Å²) in [6.07, 6.45) is 0. The highest BCUT2D eigenvalue weighted by atomic mass is 16.5. The van der Waals surface area contributed by atoms with Crippen LogP contribution in [0.4, 0.5) is 5.69 Å². The van der Waals surface area contributed by atoms with Gasteiger partial charge in [0.2, 0.25) is 0 Å². The molecule has 0 radical (unpaired) electrons. The smallest absolute Gasteiger partial charge is 0.354 e. The number of nitrogens with zero attached hydrogens (tertiary/aromatic N) is 2. The number of para-hydroxylation sites is 1. The second-order valence-electron chi connectivity index (χ2n) is 5.88. The number of anilines is 1. The molecule has 0 spiro atoms. The van der Waals surface area contributed by atoms with Gasteiger partial charge < -0.3 is 14.7 Å². The molecule has 2 aromatic rings. The highest BCUT2D eigenvalue weighted by molar-refractivity contribution is 5.97. The van der Waals surface area contributed by atoms with Crippen molar-refractivity contribution in [2.24, 2.45) is 0 Å². The van der Waals surface area contributed by atoms with Crippen LogP contribution in [0.3, 0.4) is 0 Å². The number of hydrogen-bond acceptors (Lipinski definition) is 4. The Balaban J connectivity index is 2.13. The van der Waals surface area contributed by atoms with Gasteiger partial charge in [-0.15, -0.1) is 0 Å². The van der Waals surface area contributed by atoms with Crippen LogP contribution >= 0.6 is 0 Å². The average Bonchev–Trinajstić information content (AvgIpc) is 2.45. The van der Waals surface area contributed by atoms with E-state index >= 15 is 0 Å². The van der Waals surface area contributed by atoms with Crippen LogP contribution < -0.4 is 4.90 Å². The third kappa shape index (κ3) is 2.69. The van der Waals surface area contributed by atoms with Crippen molar-refractivity contribution in [2.45, 2.75) is 19.4 Å². The van der Waals surface area contributed by atoms with Crippen molar-refractivity contribution in [1.29, 1.82) is 0 Å². The van der Waals surface area contributed by atoms with Gasteiger partial charge in [0.1, 0.15) is 0 Å². The van der Waals surface area contributed by atoms with Crippen LogP contribution in [0, 0.1) is 0 Å². The van der Waals surface area contributed by atoms with Gasteiger partial charge in [0.25, 0.3) is 0 Å². The van der Waals surface area contributed by atoms with E-state index in [0.717, 1.165) is 24.2 Å². The Hall–Kier alpha value is -2.14. The van der Waals surface area contributed by atoms with Crippen LogP contribution in [-0.2, 0) is 4.74 Å². The van der Waals surface area contributed by atoms with Crippen molar-refractivity contribution >= 4 is 22.6 Å². The fraction of sp³-hybridized carbons (Fsp3) is 0.375. The van der Waals surface area contributed by atoms with Gasteiger partial charge in [-0.05, 0) is 26.0 Å². The van der Waals surface area contributed by atoms with E-state index in [1.165, 1.54) is 0 Å². The van der Waals surface area contributed by atoms with Crippen LogP contribution in [0.25, 0.3) is 10.9 Å². The summed E-state index contributed by atoms with van der Waals surface area (Å²) in [4.78, 5) is 17.7. The fourth-order valence-electron chi connectivity index (χ4n) is 2.75. The number of hydrogen-bond donors (Lipinski definition) is 1. The Labute approximate surface area is 123 Å². The molecule has 1 N–H and O–H groups in total. The maximum atomic E-state index is 11.3. The van der Waals surface area contributed by atoms with Gasteiger partial charge in [0.15, 0.2) is 5.69 Å². The molecule has 0 aliphatic carbocycles. The lowest BCUT2D eigenvalue weighted by molar-refractivity contribution is -0.0276. The van der Waals surface area contributed by atoms with Crippen molar-refractivity contribution in [2.75, 3.05) is 24.6 Å². The van der Waals surface area contributed by atoms with Gasteiger partial charge >= 0.3 is 5.97 Å². The average molecular weight is 286 g/mol. The van der Waals surface area contributed by atoms with Crippen molar-refractivity contribution < 1.29 is 14.6 Å². The third-order valence-corrected chi connectivity index (χ3v) is 3.68. The first-order valence-corrected chi connectivity index (χ1v) is 6.98. The van der Waals surface area contributed by atoms with Gasteiger partial charge in [0, 0.05) is 24.2 Å². The first-order valence-electron chi connectivity index (χ1n) is 6.98. The van der Waals surface area contributed by atoms with Crippen LogP contribution in [0.5, 0.6) is 0 Å².